The molecule has 134 valence electrons. The number of carboxylic acid groups (broad SMARTS) is 1. The first kappa shape index (κ1) is 18.9. The predicted octanol–water partition coefficient (Wildman–Crippen LogP) is 1.98. The molecule has 1 aromatic carbocycles. The fourth-order valence-corrected chi connectivity index (χ4v) is 4.80. The summed E-state index contributed by atoms with van der Waals surface area (Å²) in [5.74, 6) is -1.52. The summed E-state index contributed by atoms with van der Waals surface area (Å²) in [6.07, 6.45) is 2.51. The molecule has 7 heteroatoms. The lowest BCUT2D eigenvalue weighted by molar-refractivity contribution is -0.142. The highest BCUT2D eigenvalue weighted by molar-refractivity contribution is 7.86. The van der Waals surface area contributed by atoms with Crippen molar-refractivity contribution in [2.45, 2.75) is 32.6 Å². The van der Waals surface area contributed by atoms with E-state index >= 15 is 0 Å². The van der Waals surface area contributed by atoms with Crippen LogP contribution in [0, 0.1) is 5.92 Å². The van der Waals surface area contributed by atoms with Crippen LogP contribution in [-0.2, 0) is 21.4 Å². The lowest BCUT2D eigenvalue weighted by Crippen LogP contribution is -2.49. The van der Waals surface area contributed by atoms with E-state index in [9.17, 15) is 18.3 Å². The van der Waals surface area contributed by atoms with E-state index < -0.39 is 22.1 Å². The molecule has 1 fully saturated rings. The zero-order valence-corrected chi connectivity index (χ0v) is 14.9. The summed E-state index contributed by atoms with van der Waals surface area (Å²) in [5, 5.41) is 9.18. The second-order valence-corrected chi connectivity index (χ2v) is 8.11. The minimum Gasteiger partial charge on any atom is -0.481 e. The van der Waals surface area contributed by atoms with Gasteiger partial charge in [-0.15, -0.1) is 0 Å². The number of hydrogen-bond donors (Lipinski definition) is 1. The van der Waals surface area contributed by atoms with Crippen molar-refractivity contribution in [1.29, 1.82) is 0 Å². The molecule has 0 saturated carbocycles. The van der Waals surface area contributed by atoms with Crippen molar-refractivity contribution in [3.8, 4) is 0 Å². The number of benzene rings is 1. The second kappa shape index (κ2) is 8.60. The smallest absolute Gasteiger partial charge is 0.307 e. The quantitative estimate of drug-likeness (QED) is 0.774. The highest BCUT2D eigenvalue weighted by Crippen LogP contribution is 2.22. The summed E-state index contributed by atoms with van der Waals surface area (Å²) in [6.45, 7) is 3.28. The molecule has 0 amide bonds. The van der Waals surface area contributed by atoms with Crippen LogP contribution in [-0.4, -0.2) is 54.3 Å². The van der Waals surface area contributed by atoms with Gasteiger partial charge in [-0.1, -0.05) is 37.3 Å². The van der Waals surface area contributed by atoms with Gasteiger partial charge in [0.15, 0.2) is 0 Å². The van der Waals surface area contributed by atoms with Crippen molar-refractivity contribution < 1.29 is 18.3 Å². The van der Waals surface area contributed by atoms with E-state index in [2.05, 4.69) is 0 Å². The molecule has 1 heterocycles. The van der Waals surface area contributed by atoms with Gasteiger partial charge >= 0.3 is 5.97 Å². The molecule has 1 atom stereocenters. The van der Waals surface area contributed by atoms with Crippen molar-refractivity contribution >= 4 is 16.2 Å². The maximum atomic E-state index is 12.9. The van der Waals surface area contributed by atoms with Crippen LogP contribution in [0.2, 0.25) is 0 Å². The lowest BCUT2D eigenvalue weighted by atomic mass is 10.0. The third-order valence-electron chi connectivity index (χ3n) is 4.35. The molecule has 0 aromatic heterocycles. The van der Waals surface area contributed by atoms with Gasteiger partial charge in [-0.25, -0.2) is 0 Å². The highest BCUT2D eigenvalue weighted by atomic mass is 32.2. The Kier molecular flexibility index (Phi) is 6.77. The van der Waals surface area contributed by atoms with Crippen LogP contribution in [0.3, 0.4) is 0 Å². The Bertz CT molecular complexity index is 633. The molecule has 1 N–H and O–H groups in total. The van der Waals surface area contributed by atoms with Crippen molar-refractivity contribution in [2.24, 2.45) is 5.92 Å². The SMILES string of the molecule is CCCN(CCc1ccccc1)S(=O)(=O)N1CCCC(C(=O)O)C1. The van der Waals surface area contributed by atoms with Crippen molar-refractivity contribution in [3.63, 3.8) is 0 Å². The molecule has 24 heavy (non-hydrogen) atoms. The first-order valence-corrected chi connectivity index (χ1v) is 9.86. The minimum atomic E-state index is -3.62. The van der Waals surface area contributed by atoms with Gasteiger partial charge in [0.2, 0.25) is 0 Å². The third-order valence-corrected chi connectivity index (χ3v) is 6.35. The van der Waals surface area contributed by atoms with Crippen molar-refractivity contribution in [3.05, 3.63) is 35.9 Å². The third kappa shape index (κ3) is 4.78. The number of aliphatic carboxylic acids is 1. The van der Waals surface area contributed by atoms with E-state index in [1.807, 2.05) is 37.3 Å². The number of carboxylic acids is 1. The van der Waals surface area contributed by atoms with Crippen LogP contribution in [0.15, 0.2) is 30.3 Å². The molecule has 6 nitrogen and oxygen atoms in total. The summed E-state index contributed by atoms with van der Waals surface area (Å²) < 4.78 is 28.7. The van der Waals surface area contributed by atoms with Gasteiger partial charge in [0.05, 0.1) is 5.92 Å². The molecular weight excluding hydrogens is 328 g/mol. The van der Waals surface area contributed by atoms with E-state index in [0.29, 0.717) is 38.9 Å². The van der Waals surface area contributed by atoms with E-state index in [1.54, 1.807) is 0 Å². The summed E-state index contributed by atoms with van der Waals surface area (Å²) >= 11 is 0. The van der Waals surface area contributed by atoms with Crippen LogP contribution in [0.4, 0.5) is 0 Å². The largest absolute Gasteiger partial charge is 0.481 e. The van der Waals surface area contributed by atoms with E-state index in [4.69, 9.17) is 0 Å². The molecule has 0 aliphatic carbocycles. The first-order valence-electron chi connectivity index (χ1n) is 8.47. The van der Waals surface area contributed by atoms with Crippen molar-refractivity contribution in [2.75, 3.05) is 26.2 Å². The molecule has 1 aliphatic rings. The van der Waals surface area contributed by atoms with Crippen LogP contribution < -0.4 is 0 Å². The van der Waals surface area contributed by atoms with Gasteiger partial charge in [-0.3, -0.25) is 4.79 Å². The Balaban J connectivity index is 2.08. The molecule has 1 saturated heterocycles. The molecule has 0 spiro atoms. The fourth-order valence-electron chi connectivity index (χ4n) is 3.01. The summed E-state index contributed by atoms with van der Waals surface area (Å²) in [4.78, 5) is 11.2. The summed E-state index contributed by atoms with van der Waals surface area (Å²) in [5.41, 5.74) is 1.09. The zero-order valence-electron chi connectivity index (χ0n) is 14.1. The molecule has 0 bridgehead atoms. The van der Waals surface area contributed by atoms with Crippen LogP contribution in [0.25, 0.3) is 0 Å². The molecule has 2 rings (SSSR count). The second-order valence-electron chi connectivity index (χ2n) is 6.18. The highest BCUT2D eigenvalue weighted by Gasteiger charge is 2.35. The average Bonchev–Trinajstić information content (AvgIpc) is 2.59. The van der Waals surface area contributed by atoms with E-state index in [-0.39, 0.29) is 6.54 Å². The predicted molar refractivity (Wildman–Crippen MR) is 92.9 cm³/mol. The van der Waals surface area contributed by atoms with Crippen molar-refractivity contribution in [1.82, 2.24) is 8.61 Å². The number of nitrogens with zero attached hydrogens (tertiary/aromatic N) is 2. The molecule has 1 unspecified atom stereocenters. The number of rotatable bonds is 8. The van der Waals surface area contributed by atoms with E-state index in [0.717, 1.165) is 12.0 Å². The fraction of sp³-hybridized carbons (Fsp3) is 0.588. The zero-order chi connectivity index (χ0) is 17.6. The lowest BCUT2D eigenvalue weighted by Gasteiger charge is -2.34. The minimum absolute atomic E-state index is 0.0726. The monoisotopic (exact) mass is 354 g/mol. The number of piperidine rings is 1. The maximum absolute atomic E-state index is 12.9. The van der Waals surface area contributed by atoms with Gasteiger partial charge in [-0.2, -0.15) is 17.0 Å². The Labute approximate surface area is 144 Å². The van der Waals surface area contributed by atoms with Crippen LogP contribution >= 0.6 is 0 Å². The normalized spacial score (nSPS) is 19.5. The Morgan fingerprint density at radius 1 is 1.29 bits per heavy atom. The van der Waals surface area contributed by atoms with Gasteiger partial charge in [0, 0.05) is 26.2 Å². The Hall–Kier alpha value is -1.44. The molecular formula is C17H26N2O4S. The van der Waals surface area contributed by atoms with E-state index in [1.165, 1.54) is 8.61 Å². The average molecular weight is 354 g/mol. The van der Waals surface area contributed by atoms with Gasteiger partial charge in [0.25, 0.3) is 10.2 Å². The maximum Gasteiger partial charge on any atom is 0.307 e. The van der Waals surface area contributed by atoms with Gasteiger partial charge in [-0.05, 0) is 31.2 Å². The summed E-state index contributed by atoms with van der Waals surface area (Å²) in [7, 11) is -3.62. The Morgan fingerprint density at radius 2 is 2.00 bits per heavy atom. The standard InChI is InChI=1S/C17H26N2O4S/c1-2-11-18(13-10-15-7-4-3-5-8-15)24(22,23)19-12-6-9-16(14-19)17(20)21/h3-5,7-8,16H,2,6,9-14H2,1H3,(H,20,21). The first-order chi connectivity index (χ1) is 11.4. The van der Waals surface area contributed by atoms with Crippen LogP contribution in [0.5, 0.6) is 0 Å². The number of carbonyl (C=O) groups is 1. The van der Waals surface area contributed by atoms with Gasteiger partial charge in [0.1, 0.15) is 0 Å². The number of hydrogen-bond acceptors (Lipinski definition) is 3. The Morgan fingerprint density at radius 3 is 2.62 bits per heavy atom. The molecule has 0 radical (unpaired) electrons. The topological polar surface area (TPSA) is 77.9 Å². The van der Waals surface area contributed by atoms with Gasteiger partial charge < -0.3 is 5.11 Å². The molecule has 1 aliphatic heterocycles. The van der Waals surface area contributed by atoms with Crippen LogP contribution in [0.1, 0.15) is 31.7 Å². The molecule has 1 aromatic rings. The summed E-state index contributed by atoms with van der Waals surface area (Å²) in [6, 6.07) is 9.78.